The molecule has 3 aromatic rings. The fourth-order valence-corrected chi connectivity index (χ4v) is 6.53. The first-order valence-electron chi connectivity index (χ1n) is 14.8. The van der Waals surface area contributed by atoms with E-state index in [4.69, 9.17) is 0 Å². The molecule has 2 fully saturated rings. The molecule has 5 rings (SSSR count). The van der Waals surface area contributed by atoms with Crippen LogP contribution in [0, 0.1) is 11.2 Å². The zero-order valence-electron chi connectivity index (χ0n) is 25.5. The van der Waals surface area contributed by atoms with E-state index >= 15 is 4.39 Å². The maximum absolute atomic E-state index is 16.4. The molecular formula is C33H36F4N4O4. The minimum absolute atomic E-state index is 0.00595. The molecule has 2 saturated heterocycles. The van der Waals surface area contributed by atoms with Gasteiger partial charge in [-0.1, -0.05) is 32.0 Å². The van der Waals surface area contributed by atoms with Crippen molar-refractivity contribution in [1.82, 2.24) is 20.1 Å². The highest BCUT2D eigenvalue weighted by Gasteiger charge is 2.51. The molecule has 3 atom stereocenters. The second kappa shape index (κ2) is 11.8. The number of hydrogen-bond acceptors (Lipinski definition) is 6. The lowest BCUT2D eigenvalue weighted by Gasteiger charge is -2.52. The average molecular weight is 629 g/mol. The van der Waals surface area contributed by atoms with E-state index in [9.17, 15) is 32.7 Å². The van der Waals surface area contributed by atoms with E-state index in [1.165, 1.54) is 29.3 Å². The molecule has 2 N–H and O–H groups in total. The summed E-state index contributed by atoms with van der Waals surface area (Å²) in [7, 11) is 3.21. The van der Waals surface area contributed by atoms with Crippen LogP contribution in [0.5, 0.6) is 0 Å². The maximum atomic E-state index is 16.4. The summed E-state index contributed by atoms with van der Waals surface area (Å²) in [5.74, 6) is -2.36. The number of imide groups is 1. The van der Waals surface area contributed by atoms with E-state index in [1.54, 1.807) is 40.1 Å². The molecule has 0 spiro atoms. The van der Waals surface area contributed by atoms with Crippen molar-refractivity contribution in [3.63, 3.8) is 0 Å². The highest BCUT2D eigenvalue weighted by atomic mass is 19.4. The Hall–Kier alpha value is -3.90. The molecule has 2 aliphatic rings. The highest BCUT2D eigenvalue weighted by molar-refractivity contribution is 6.01. The SMILES string of the molecule is CN(C)C(=O)C[C@H](c1ccc(C(F)(F)F)cc1)N1CC[C@@](O)(c2ccc3ncc(C4CCC(=O)NC4=O)cc3c2F)C(C)(C)C1. The Morgan fingerprint density at radius 1 is 1.16 bits per heavy atom. The lowest BCUT2D eigenvalue weighted by Crippen LogP contribution is -2.56. The van der Waals surface area contributed by atoms with Gasteiger partial charge in [-0.25, -0.2) is 4.39 Å². The predicted molar refractivity (Wildman–Crippen MR) is 158 cm³/mol. The average Bonchev–Trinajstić information content (AvgIpc) is 2.97. The zero-order chi connectivity index (χ0) is 32.9. The normalized spacial score (nSPS) is 23.1. The molecule has 0 aliphatic carbocycles. The summed E-state index contributed by atoms with van der Waals surface area (Å²) in [6, 6.07) is 8.83. The second-order valence-corrected chi connectivity index (χ2v) is 12.9. The van der Waals surface area contributed by atoms with Crippen LogP contribution >= 0.6 is 0 Å². The number of carbonyl (C=O) groups excluding carboxylic acids is 3. The number of carbonyl (C=O) groups is 3. The first-order chi connectivity index (χ1) is 21.0. The van der Waals surface area contributed by atoms with Crippen LogP contribution in [0.15, 0.2) is 48.7 Å². The Balaban J connectivity index is 1.47. The molecule has 0 radical (unpaired) electrons. The third-order valence-electron chi connectivity index (χ3n) is 9.32. The maximum Gasteiger partial charge on any atom is 0.416 e. The summed E-state index contributed by atoms with van der Waals surface area (Å²) >= 11 is 0. The summed E-state index contributed by atoms with van der Waals surface area (Å²) in [6.07, 6.45) is -2.48. The van der Waals surface area contributed by atoms with Gasteiger partial charge in [-0.2, -0.15) is 13.2 Å². The number of fused-ring (bicyclic) bond motifs is 1. The van der Waals surface area contributed by atoms with Gasteiger partial charge in [-0.3, -0.25) is 29.6 Å². The molecule has 45 heavy (non-hydrogen) atoms. The van der Waals surface area contributed by atoms with Gasteiger partial charge in [0.05, 0.1) is 22.6 Å². The number of aromatic nitrogens is 1. The number of alkyl halides is 3. The first kappa shape index (κ1) is 32.5. The molecule has 0 saturated carbocycles. The van der Waals surface area contributed by atoms with Crippen LogP contribution in [-0.4, -0.2) is 64.8 Å². The minimum atomic E-state index is -4.50. The quantitative estimate of drug-likeness (QED) is 0.293. The molecule has 2 aliphatic heterocycles. The standard InChI is InChI=1S/C33H36F4N4O4/c1-31(2)18-41(26(16-28(43)40(3)4)19-5-7-21(8-6-19)33(35,36)37)14-13-32(31,45)24-10-11-25-23(29(24)34)15-20(17-38-25)22-9-12-27(42)39-30(22)44/h5-8,10-11,15,17,22,26,45H,9,12-14,16,18H2,1-4H3,(H,39,42,44)/t22?,26-,32-/m1/s1. The van der Waals surface area contributed by atoms with E-state index < -0.39 is 46.4 Å². The number of likely N-dealkylation sites (tertiary alicyclic amines) is 1. The number of hydrogen-bond donors (Lipinski definition) is 2. The van der Waals surface area contributed by atoms with Gasteiger partial charge in [-0.15, -0.1) is 0 Å². The van der Waals surface area contributed by atoms with E-state index in [1.807, 2.05) is 4.90 Å². The molecule has 1 unspecified atom stereocenters. The predicted octanol–water partition coefficient (Wildman–Crippen LogP) is 5.05. The molecule has 2 aromatic carbocycles. The van der Waals surface area contributed by atoms with E-state index in [-0.39, 0.29) is 61.5 Å². The number of rotatable bonds is 6. The van der Waals surface area contributed by atoms with Crippen LogP contribution in [0.4, 0.5) is 17.6 Å². The molecular weight excluding hydrogens is 592 g/mol. The van der Waals surface area contributed by atoms with Gasteiger partial charge in [-0.05, 0) is 48.2 Å². The van der Waals surface area contributed by atoms with Crippen LogP contribution in [0.1, 0.15) is 73.7 Å². The Bertz CT molecular complexity index is 1640. The summed E-state index contributed by atoms with van der Waals surface area (Å²) < 4.78 is 56.1. The van der Waals surface area contributed by atoms with Gasteiger partial charge >= 0.3 is 6.18 Å². The second-order valence-electron chi connectivity index (χ2n) is 12.9. The van der Waals surface area contributed by atoms with Crippen LogP contribution in [-0.2, 0) is 26.2 Å². The molecule has 0 bridgehead atoms. The third-order valence-corrected chi connectivity index (χ3v) is 9.32. The van der Waals surface area contributed by atoms with Gasteiger partial charge < -0.3 is 10.0 Å². The van der Waals surface area contributed by atoms with Crippen molar-refractivity contribution in [2.45, 2.75) is 63.3 Å². The molecule has 3 heterocycles. The third kappa shape index (κ3) is 6.17. The van der Waals surface area contributed by atoms with Crippen molar-refractivity contribution in [3.05, 3.63) is 76.7 Å². The van der Waals surface area contributed by atoms with Gasteiger partial charge in [0.15, 0.2) is 0 Å². The minimum Gasteiger partial charge on any atom is -0.384 e. The summed E-state index contributed by atoms with van der Waals surface area (Å²) in [5.41, 5.74) is -2.01. The van der Waals surface area contributed by atoms with Crippen molar-refractivity contribution in [1.29, 1.82) is 0 Å². The van der Waals surface area contributed by atoms with Crippen LogP contribution < -0.4 is 5.32 Å². The Kier molecular flexibility index (Phi) is 8.52. The number of halogens is 4. The number of aliphatic hydroxyl groups is 1. The topological polar surface area (TPSA) is 103 Å². The Morgan fingerprint density at radius 3 is 2.44 bits per heavy atom. The first-order valence-corrected chi connectivity index (χ1v) is 14.8. The highest BCUT2D eigenvalue weighted by Crippen LogP contribution is 2.49. The molecule has 12 heteroatoms. The number of pyridine rings is 1. The summed E-state index contributed by atoms with van der Waals surface area (Å²) in [6.45, 7) is 4.02. The van der Waals surface area contributed by atoms with Crippen LogP contribution in [0.25, 0.3) is 10.9 Å². The Morgan fingerprint density at radius 2 is 1.84 bits per heavy atom. The molecule has 3 amide bonds. The molecule has 8 nitrogen and oxygen atoms in total. The van der Waals surface area contributed by atoms with Crippen LogP contribution in [0.3, 0.4) is 0 Å². The van der Waals surface area contributed by atoms with Crippen molar-refractivity contribution in [3.8, 4) is 0 Å². The molecule has 240 valence electrons. The smallest absolute Gasteiger partial charge is 0.384 e. The lowest BCUT2D eigenvalue weighted by molar-refractivity contribution is -0.141. The summed E-state index contributed by atoms with van der Waals surface area (Å²) in [4.78, 5) is 44.6. The summed E-state index contributed by atoms with van der Waals surface area (Å²) in [5, 5.41) is 14.6. The van der Waals surface area contributed by atoms with Crippen molar-refractivity contribution < 1.29 is 37.1 Å². The number of piperidine rings is 2. The van der Waals surface area contributed by atoms with Crippen molar-refractivity contribution in [2.75, 3.05) is 27.2 Å². The molecule has 1 aromatic heterocycles. The fourth-order valence-electron chi connectivity index (χ4n) is 6.53. The number of nitrogens with one attached hydrogen (secondary N) is 1. The van der Waals surface area contributed by atoms with Gasteiger partial charge in [0, 0.05) is 68.6 Å². The van der Waals surface area contributed by atoms with Crippen LogP contribution in [0.2, 0.25) is 0 Å². The number of amides is 3. The number of benzene rings is 2. The van der Waals surface area contributed by atoms with Crippen molar-refractivity contribution in [2.24, 2.45) is 5.41 Å². The number of nitrogens with zero attached hydrogens (tertiary/aromatic N) is 3. The van der Waals surface area contributed by atoms with Gasteiger partial charge in [0.25, 0.3) is 0 Å². The Labute approximate surface area is 258 Å². The van der Waals surface area contributed by atoms with E-state index in [0.717, 1.165) is 12.1 Å². The van der Waals surface area contributed by atoms with E-state index in [0.29, 0.717) is 16.6 Å². The van der Waals surface area contributed by atoms with Gasteiger partial charge in [0.1, 0.15) is 5.82 Å². The van der Waals surface area contributed by atoms with Crippen molar-refractivity contribution >= 4 is 28.6 Å². The van der Waals surface area contributed by atoms with Gasteiger partial charge in [0.2, 0.25) is 17.7 Å². The van der Waals surface area contributed by atoms with E-state index in [2.05, 4.69) is 10.3 Å². The monoisotopic (exact) mass is 628 g/mol. The largest absolute Gasteiger partial charge is 0.416 e. The fraction of sp³-hybridized carbons (Fsp3) is 0.455. The zero-order valence-corrected chi connectivity index (χ0v) is 25.5. The lowest BCUT2D eigenvalue weighted by atomic mass is 9.65.